The Labute approximate surface area is 117 Å². The lowest BCUT2D eigenvalue weighted by Gasteiger charge is -2.21. The number of nitrogens with one attached hydrogen (secondary N) is 1. The van der Waals surface area contributed by atoms with Gasteiger partial charge in [-0.1, -0.05) is 6.07 Å². The van der Waals surface area contributed by atoms with E-state index in [2.05, 4.69) is 16.4 Å². The van der Waals surface area contributed by atoms with Crippen LogP contribution in [-0.2, 0) is 6.54 Å². The second-order valence-electron chi connectivity index (χ2n) is 4.86. The van der Waals surface area contributed by atoms with Crippen LogP contribution in [0.15, 0.2) is 18.2 Å². The molecule has 20 heavy (non-hydrogen) atoms. The molecule has 7 heteroatoms. The van der Waals surface area contributed by atoms with E-state index in [9.17, 15) is 10.1 Å². The number of rotatable bonds is 7. The third-order valence-electron chi connectivity index (χ3n) is 3.37. The van der Waals surface area contributed by atoms with Crippen LogP contribution in [0, 0.1) is 21.4 Å². The van der Waals surface area contributed by atoms with Gasteiger partial charge in [0, 0.05) is 31.6 Å². The van der Waals surface area contributed by atoms with Crippen molar-refractivity contribution in [2.45, 2.75) is 31.8 Å². The molecule has 0 heterocycles. The second kappa shape index (κ2) is 6.32. The highest BCUT2D eigenvalue weighted by Crippen LogP contribution is 2.30. The number of benzene rings is 1. The molecule has 0 aliphatic heterocycles. The summed E-state index contributed by atoms with van der Waals surface area (Å²) in [7, 11) is 0. The van der Waals surface area contributed by atoms with Gasteiger partial charge in [0.25, 0.3) is 5.69 Å². The van der Waals surface area contributed by atoms with Crippen molar-refractivity contribution in [3.05, 3.63) is 33.9 Å². The van der Waals surface area contributed by atoms with Gasteiger partial charge < -0.3 is 5.43 Å². The van der Waals surface area contributed by atoms with Crippen molar-refractivity contribution in [2.24, 2.45) is 5.84 Å². The van der Waals surface area contributed by atoms with E-state index >= 15 is 0 Å². The topological polar surface area (TPSA) is 108 Å². The first kappa shape index (κ1) is 14.2. The highest BCUT2D eigenvalue weighted by atomic mass is 16.6. The highest BCUT2D eigenvalue weighted by molar-refractivity contribution is 5.62. The third-order valence-corrected chi connectivity index (χ3v) is 3.37. The Morgan fingerprint density at radius 2 is 2.30 bits per heavy atom. The monoisotopic (exact) mass is 275 g/mol. The minimum Gasteiger partial charge on any atom is -0.318 e. The fraction of sp³-hybridized carbons (Fsp3) is 0.462. The van der Waals surface area contributed by atoms with Gasteiger partial charge in [-0.05, 0) is 24.5 Å². The Morgan fingerprint density at radius 3 is 2.85 bits per heavy atom. The Kier molecular flexibility index (Phi) is 4.50. The van der Waals surface area contributed by atoms with E-state index in [-0.39, 0.29) is 5.69 Å². The molecule has 0 bridgehead atoms. The lowest BCUT2D eigenvalue weighted by Crippen LogP contribution is -2.26. The van der Waals surface area contributed by atoms with Crippen LogP contribution in [0.5, 0.6) is 0 Å². The summed E-state index contributed by atoms with van der Waals surface area (Å²) in [5.41, 5.74) is 3.59. The Balaban J connectivity index is 2.11. The van der Waals surface area contributed by atoms with Crippen molar-refractivity contribution in [2.75, 3.05) is 12.0 Å². The summed E-state index contributed by atoms with van der Waals surface area (Å²) >= 11 is 0. The molecule has 0 amide bonds. The van der Waals surface area contributed by atoms with Crippen LogP contribution in [0.25, 0.3) is 0 Å². The maximum atomic E-state index is 10.8. The zero-order chi connectivity index (χ0) is 14.5. The number of nitro benzene ring substituents is 1. The Morgan fingerprint density at radius 1 is 1.55 bits per heavy atom. The average molecular weight is 275 g/mol. The lowest BCUT2D eigenvalue weighted by atomic mass is 10.1. The number of hydrazine groups is 1. The summed E-state index contributed by atoms with van der Waals surface area (Å²) in [6.45, 7) is 1.41. The molecule has 1 aromatic carbocycles. The van der Waals surface area contributed by atoms with Crippen molar-refractivity contribution in [3.63, 3.8) is 0 Å². The molecule has 0 spiro atoms. The van der Waals surface area contributed by atoms with Gasteiger partial charge in [-0.15, -0.1) is 0 Å². The molecule has 1 fully saturated rings. The van der Waals surface area contributed by atoms with Crippen LogP contribution >= 0.6 is 0 Å². The van der Waals surface area contributed by atoms with Crippen LogP contribution in [0.4, 0.5) is 11.4 Å². The first-order chi connectivity index (χ1) is 9.65. The molecule has 1 aliphatic rings. The molecular formula is C13H17N5O2. The summed E-state index contributed by atoms with van der Waals surface area (Å²) < 4.78 is 0. The normalized spacial score (nSPS) is 14.1. The number of nitrogen functional groups attached to an aromatic ring is 1. The maximum Gasteiger partial charge on any atom is 0.293 e. The molecule has 0 aromatic heterocycles. The minimum atomic E-state index is -0.465. The quantitative estimate of drug-likeness (QED) is 0.446. The van der Waals surface area contributed by atoms with Gasteiger partial charge in [0.1, 0.15) is 5.69 Å². The van der Waals surface area contributed by atoms with Crippen LogP contribution in [0.3, 0.4) is 0 Å². The van der Waals surface area contributed by atoms with Crippen LogP contribution in [-0.4, -0.2) is 22.4 Å². The van der Waals surface area contributed by atoms with Crippen molar-refractivity contribution in [3.8, 4) is 6.07 Å². The molecule has 106 valence electrons. The number of nitrogens with zero attached hydrogens (tertiary/aromatic N) is 3. The summed E-state index contributed by atoms with van der Waals surface area (Å²) in [4.78, 5) is 12.6. The van der Waals surface area contributed by atoms with Crippen molar-refractivity contribution >= 4 is 11.4 Å². The first-order valence-electron chi connectivity index (χ1n) is 6.50. The molecular weight excluding hydrogens is 258 g/mol. The highest BCUT2D eigenvalue weighted by Gasteiger charge is 2.28. The van der Waals surface area contributed by atoms with E-state index < -0.39 is 4.92 Å². The largest absolute Gasteiger partial charge is 0.318 e. The summed E-state index contributed by atoms with van der Waals surface area (Å²) in [5.74, 6) is 5.33. The average Bonchev–Trinajstić information content (AvgIpc) is 3.27. The van der Waals surface area contributed by atoms with E-state index in [4.69, 9.17) is 11.1 Å². The lowest BCUT2D eigenvalue weighted by molar-refractivity contribution is -0.384. The van der Waals surface area contributed by atoms with Gasteiger partial charge in [-0.25, -0.2) is 0 Å². The standard InChI is InChI=1S/C13H17N5O2/c14-6-1-7-17(11-3-4-11)9-10-2-5-13(18(19)20)12(8-10)16-15/h2,5,8,11,16H,1,3-4,7,9,15H2. The molecule has 2 rings (SSSR count). The zero-order valence-corrected chi connectivity index (χ0v) is 11.1. The number of nitro groups is 1. The predicted molar refractivity (Wildman–Crippen MR) is 74.6 cm³/mol. The Bertz CT molecular complexity index is 536. The van der Waals surface area contributed by atoms with E-state index in [1.54, 1.807) is 12.1 Å². The predicted octanol–water partition coefficient (Wildman–Crippen LogP) is 1.76. The number of anilines is 1. The van der Waals surface area contributed by atoms with E-state index in [1.165, 1.54) is 6.07 Å². The van der Waals surface area contributed by atoms with Gasteiger partial charge >= 0.3 is 0 Å². The Hall–Kier alpha value is -2.17. The number of hydrogen-bond acceptors (Lipinski definition) is 6. The fourth-order valence-corrected chi connectivity index (χ4v) is 2.21. The molecule has 1 aliphatic carbocycles. The van der Waals surface area contributed by atoms with Gasteiger partial charge in [0.15, 0.2) is 0 Å². The fourth-order valence-electron chi connectivity index (χ4n) is 2.21. The summed E-state index contributed by atoms with van der Waals surface area (Å²) in [6, 6.07) is 7.57. The van der Waals surface area contributed by atoms with Crippen LogP contribution < -0.4 is 11.3 Å². The number of nitriles is 1. The van der Waals surface area contributed by atoms with E-state index in [0.717, 1.165) is 24.9 Å². The third kappa shape index (κ3) is 3.44. The molecule has 0 saturated heterocycles. The molecule has 1 aromatic rings. The van der Waals surface area contributed by atoms with Crippen LogP contribution in [0.2, 0.25) is 0 Å². The molecule has 7 nitrogen and oxygen atoms in total. The first-order valence-corrected chi connectivity index (χ1v) is 6.50. The van der Waals surface area contributed by atoms with Crippen molar-refractivity contribution < 1.29 is 4.92 Å². The number of nitrogens with two attached hydrogens (primary N) is 1. The number of hydrogen-bond donors (Lipinski definition) is 2. The molecule has 0 unspecified atom stereocenters. The molecule has 3 N–H and O–H groups in total. The van der Waals surface area contributed by atoms with Gasteiger partial charge in [0.05, 0.1) is 11.0 Å². The second-order valence-corrected chi connectivity index (χ2v) is 4.86. The van der Waals surface area contributed by atoms with Crippen molar-refractivity contribution in [1.29, 1.82) is 5.26 Å². The molecule has 0 radical (unpaired) electrons. The molecule has 0 atom stereocenters. The molecule has 1 saturated carbocycles. The summed E-state index contributed by atoms with van der Waals surface area (Å²) in [6.07, 6.45) is 2.80. The SMILES string of the molecule is N#CCCN(Cc1ccc([N+](=O)[O-])c(NN)c1)C1CC1. The van der Waals surface area contributed by atoms with E-state index in [0.29, 0.717) is 24.7 Å². The van der Waals surface area contributed by atoms with Gasteiger partial charge in [-0.2, -0.15) is 5.26 Å². The smallest absolute Gasteiger partial charge is 0.293 e. The van der Waals surface area contributed by atoms with Gasteiger partial charge in [0.2, 0.25) is 0 Å². The van der Waals surface area contributed by atoms with Crippen molar-refractivity contribution in [1.82, 2.24) is 4.90 Å². The minimum absolute atomic E-state index is 0.0359. The summed E-state index contributed by atoms with van der Waals surface area (Å²) in [5, 5.41) is 19.5. The van der Waals surface area contributed by atoms with Crippen LogP contribution in [0.1, 0.15) is 24.8 Å². The zero-order valence-electron chi connectivity index (χ0n) is 11.1. The van der Waals surface area contributed by atoms with Gasteiger partial charge in [-0.3, -0.25) is 20.9 Å². The maximum absolute atomic E-state index is 10.8. The van der Waals surface area contributed by atoms with E-state index in [1.807, 2.05) is 0 Å².